The van der Waals surface area contributed by atoms with Gasteiger partial charge in [-0.05, 0) is 96.9 Å². The molecular formula is C40H75N3O2. The van der Waals surface area contributed by atoms with Crippen molar-refractivity contribution in [3.8, 4) is 0 Å². The number of rotatable bonds is 22. The van der Waals surface area contributed by atoms with Crippen molar-refractivity contribution in [1.82, 2.24) is 15.5 Å². The molecule has 4 heterocycles. The van der Waals surface area contributed by atoms with Gasteiger partial charge in [0.2, 0.25) is 0 Å². The van der Waals surface area contributed by atoms with Crippen LogP contribution >= 0.6 is 0 Å². The van der Waals surface area contributed by atoms with Gasteiger partial charge < -0.3 is 20.8 Å². The third-order valence-corrected chi connectivity index (χ3v) is 12.2. The molecule has 0 radical (unpaired) electrons. The van der Waals surface area contributed by atoms with Gasteiger partial charge in [0.1, 0.15) is 0 Å². The summed E-state index contributed by atoms with van der Waals surface area (Å²) in [5.41, 5.74) is 1.77. The smallest absolute Gasteiger partial charge is 0.0691 e. The van der Waals surface area contributed by atoms with Crippen LogP contribution in [0.25, 0.3) is 0 Å². The fraction of sp³-hybridized carbons (Fsp3) is 0.950. The van der Waals surface area contributed by atoms with E-state index in [1.807, 2.05) is 0 Å². The Kier molecular flexibility index (Phi) is 17.8. The highest BCUT2D eigenvalue weighted by atomic mass is 16.3. The maximum Gasteiger partial charge on any atom is 0.0691 e. The van der Waals surface area contributed by atoms with Gasteiger partial charge in [0, 0.05) is 36.8 Å². The lowest BCUT2D eigenvalue weighted by atomic mass is 9.85. The summed E-state index contributed by atoms with van der Waals surface area (Å²) in [4.78, 5) is 2.84. The maximum atomic E-state index is 9.89. The van der Waals surface area contributed by atoms with Crippen molar-refractivity contribution in [3.05, 3.63) is 11.6 Å². The summed E-state index contributed by atoms with van der Waals surface area (Å²) < 4.78 is 0. The molecule has 0 saturated carbocycles. The Hall–Kier alpha value is -0.460. The van der Waals surface area contributed by atoms with E-state index in [1.54, 1.807) is 5.57 Å². The molecule has 5 heteroatoms. The van der Waals surface area contributed by atoms with Gasteiger partial charge in [0.25, 0.3) is 0 Å². The molecule has 0 unspecified atom stereocenters. The van der Waals surface area contributed by atoms with Crippen molar-refractivity contribution in [2.24, 2.45) is 5.92 Å². The number of hydrogen-bond donors (Lipinski definition) is 4. The van der Waals surface area contributed by atoms with Gasteiger partial charge >= 0.3 is 0 Å². The molecule has 0 bridgehead atoms. The number of aliphatic hydroxyl groups is 2. The van der Waals surface area contributed by atoms with Crippen molar-refractivity contribution in [2.75, 3.05) is 13.1 Å². The SMILES string of the molecule is C[C@@H]1N[C@H](CCCCCCCCCCC2=C[C@@H](CCCCCCCCCC[C@H]3CC[C@@H](O)[C@@H](C)N3)[C@@H]3CCCN3C2)CC[C@H]1O. The average Bonchev–Trinajstić information content (AvgIpc) is 3.51. The lowest BCUT2D eigenvalue weighted by Gasteiger charge is -2.36. The largest absolute Gasteiger partial charge is 0.392 e. The Labute approximate surface area is 279 Å². The second-order valence-corrected chi connectivity index (χ2v) is 16.0. The Balaban J connectivity index is 0.963. The van der Waals surface area contributed by atoms with E-state index in [0.29, 0.717) is 12.1 Å². The molecule has 0 aromatic heterocycles. The fourth-order valence-corrected chi connectivity index (χ4v) is 9.17. The molecule has 4 N–H and O–H groups in total. The maximum absolute atomic E-state index is 9.89. The highest BCUT2D eigenvalue weighted by Gasteiger charge is 2.34. The van der Waals surface area contributed by atoms with Crippen molar-refractivity contribution >= 4 is 0 Å². The van der Waals surface area contributed by atoms with E-state index in [0.717, 1.165) is 37.6 Å². The monoisotopic (exact) mass is 630 g/mol. The van der Waals surface area contributed by atoms with E-state index in [2.05, 4.69) is 35.5 Å². The molecular weight excluding hydrogens is 554 g/mol. The summed E-state index contributed by atoms with van der Waals surface area (Å²) in [6, 6.07) is 2.66. The van der Waals surface area contributed by atoms with E-state index in [1.165, 1.54) is 154 Å². The molecule has 0 amide bonds. The normalized spacial score (nSPS) is 32.5. The van der Waals surface area contributed by atoms with Gasteiger partial charge in [0.15, 0.2) is 0 Å². The highest BCUT2D eigenvalue weighted by molar-refractivity contribution is 5.15. The minimum atomic E-state index is -0.142. The van der Waals surface area contributed by atoms with Gasteiger partial charge in [-0.15, -0.1) is 0 Å². The standard InChI is InChI=1S/C40H75N3O2/c1-32-39(44)27-25-36(41-32)22-17-13-9-5-3-7-11-15-20-34-30-35(38-24-19-29-43(38)31-34)21-16-12-8-4-6-10-14-18-23-37-26-28-40(45)33(2)42-37/h30,32-33,35-42,44-45H,3-29,31H2,1-2H3/t32-,33+,35+,36+,37-,38-,39+,40+/m0/s1. The number of fused-ring (bicyclic) bond motifs is 1. The molecule has 5 nitrogen and oxygen atoms in total. The Morgan fingerprint density at radius 1 is 0.600 bits per heavy atom. The van der Waals surface area contributed by atoms with Gasteiger partial charge in [-0.25, -0.2) is 0 Å². The van der Waals surface area contributed by atoms with E-state index in [-0.39, 0.29) is 24.3 Å². The summed E-state index contributed by atoms with van der Waals surface area (Å²) in [5, 5.41) is 27.0. The first-order valence-electron chi connectivity index (χ1n) is 20.3. The molecule has 0 aromatic carbocycles. The molecule has 3 saturated heterocycles. The zero-order valence-electron chi connectivity index (χ0n) is 29.8. The topological polar surface area (TPSA) is 67.8 Å². The molecule has 4 aliphatic rings. The van der Waals surface area contributed by atoms with Crippen LogP contribution in [0.15, 0.2) is 11.6 Å². The van der Waals surface area contributed by atoms with E-state index in [9.17, 15) is 10.2 Å². The number of aliphatic hydroxyl groups excluding tert-OH is 2. The third-order valence-electron chi connectivity index (χ3n) is 12.2. The second kappa shape index (κ2) is 21.5. The third kappa shape index (κ3) is 13.9. The number of piperidine rings is 2. The summed E-state index contributed by atoms with van der Waals surface area (Å²) in [6.45, 7) is 6.86. The van der Waals surface area contributed by atoms with Crippen molar-refractivity contribution in [3.63, 3.8) is 0 Å². The van der Waals surface area contributed by atoms with Crippen LogP contribution in [-0.4, -0.2) is 70.6 Å². The summed E-state index contributed by atoms with van der Waals surface area (Å²) in [5.74, 6) is 0.825. The Morgan fingerprint density at radius 3 is 1.58 bits per heavy atom. The lowest BCUT2D eigenvalue weighted by molar-refractivity contribution is 0.0848. The molecule has 45 heavy (non-hydrogen) atoms. The molecule has 3 fully saturated rings. The van der Waals surface area contributed by atoms with Gasteiger partial charge in [0.05, 0.1) is 12.2 Å². The number of hydrogen-bond acceptors (Lipinski definition) is 5. The lowest BCUT2D eigenvalue weighted by Crippen LogP contribution is -2.48. The summed E-state index contributed by atoms with van der Waals surface area (Å²) >= 11 is 0. The van der Waals surface area contributed by atoms with Crippen molar-refractivity contribution in [1.29, 1.82) is 0 Å². The predicted molar refractivity (Wildman–Crippen MR) is 192 cm³/mol. The molecule has 0 spiro atoms. The molecule has 0 aromatic rings. The molecule has 8 atom stereocenters. The van der Waals surface area contributed by atoms with Gasteiger partial charge in [-0.2, -0.15) is 0 Å². The highest BCUT2D eigenvalue weighted by Crippen LogP contribution is 2.35. The quantitative estimate of drug-likeness (QED) is 0.0712. The molecule has 4 aliphatic heterocycles. The zero-order chi connectivity index (χ0) is 31.7. The van der Waals surface area contributed by atoms with Crippen molar-refractivity contribution in [2.45, 2.75) is 223 Å². The summed E-state index contributed by atoms with van der Waals surface area (Å²) in [6.07, 6.45) is 37.4. The zero-order valence-corrected chi connectivity index (χ0v) is 29.8. The van der Waals surface area contributed by atoms with Crippen LogP contribution in [0.4, 0.5) is 0 Å². The van der Waals surface area contributed by atoms with E-state index < -0.39 is 0 Å². The van der Waals surface area contributed by atoms with Crippen LogP contribution < -0.4 is 10.6 Å². The Bertz CT molecular complexity index is 804. The predicted octanol–water partition coefficient (Wildman–Crippen LogP) is 8.81. The minimum absolute atomic E-state index is 0.141. The molecule has 0 aliphatic carbocycles. The first-order chi connectivity index (χ1) is 22.0. The van der Waals surface area contributed by atoms with E-state index in [4.69, 9.17) is 0 Å². The fourth-order valence-electron chi connectivity index (χ4n) is 9.17. The van der Waals surface area contributed by atoms with Crippen molar-refractivity contribution < 1.29 is 10.2 Å². The molecule has 262 valence electrons. The number of unbranched alkanes of at least 4 members (excludes halogenated alkanes) is 14. The second-order valence-electron chi connectivity index (χ2n) is 16.0. The number of nitrogens with one attached hydrogen (secondary N) is 2. The van der Waals surface area contributed by atoms with Crippen LogP contribution in [0, 0.1) is 5.92 Å². The van der Waals surface area contributed by atoms with Crippen LogP contribution in [0.1, 0.15) is 181 Å². The van der Waals surface area contributed by atoms with Gasteiger partial charge in [-0.3, -0.25) is 4.90 Å². The summed E-state index contributed by atoms with van der Waals surface area (Å²) in [7, 11) is 0. The Morgan fingerprint density at radius 2 is 1.07 bits per heavy atom. The number of nitrogens with zero attached hydrogens (tertiary/aromatic N) is 1. The van der Waals surface area contributed by atoms with E-state index >= 15 is 0 Å². The average molecular weight is 630 g/mol. The van der Waals surface area contributed by atoms with Crippen LogP contribution in [0.3, 0.4) is 0 Å². The minimum Gasteiger partial charge on any atom is -0.392 e. The molecule has 4 rings (SSSR count). The van der Waals surface area contributed by atoms with Gasteiger partial charge in [-0.1, -0.05) is 108 Å². The first kappa shape index (κ1) is 37.4. The van der Waals surface area contributed by atoms with Crippen LogP contribution in [0.2, 0.25) is 0 Å². The van der Waals surface area contributed by atoms with Crippen LogP contribution in [-0.2, 0) is 0 Å². The first-order valence-corrected chi connectivity index (χ1v) is 20.3. The van der Waals surface area contributed by atoms with Crippen LogP contribution in [0.5, 0.6) is 0 Å².